The molecule has 18 heavy (non-hydrogen) atoms. The molecule has 96 valence electrons. The van der Waals surface area contributed by atoms with Crippen molar-refractivity contribution in [2.45, 2.75) is 20.8 Å². The summed E-state index contributed by atoms with van der Waals surface area (Å²) in [6.45, 7) is 7.52. The van der Waals surface area contributed by atoms with E-state index in [9.17, 15) is 0 Å². The van der Waals surface area contributed by atoms with E-state index in [1.54, 1.807) is 0 Å². The summed E-state index contributed by atoms with van der Waals surface area (Å²) in [7, 11) is 2.04. The molecular formula is C14H20N4. The van der Waals surface area contributed by atoms with Crippen LogP contribution >= 0.6 is 0 Å². The number of para-hydroxylation sites is 1. The van der Waals surface area contributed by atoms with Gasteiger partial charge in [0.2, 0.25) is 5.95 Å². The predicted octanol–water partition coefficient (Wildman–Crippen LogP) is 2.69. The predicted molar refractivity (Wildman–Crippen MR) is 76.7 cm³/mol. The molecule has 0 bridgehead atoms. The van der Waals surface area contributed by atoms with Crippen molar-refractivity contribution >= 4 is 22.7 Å². The van der Waals surface area contributed by atoms with Crippen LogP contribution in [0.4, 0.5) is 11.8 Å². The van der Waals surface area contributed by atoms with Gasteiger partial charge in [0, 0.05) is 19.0 Å². The quantitative estimate of drug-likeness (QED) is 0.882. The molecule has 0 amide bonds. The molecule has 1 aromatic heterocycles. The number of nitrogen functional groups attached to an aromatic ring is 1. The van der Waals surface area contributed by atoms with Crippen LogP contribution in [0.1, 0.15) is 20.8 Å². The van der Waals surface area contributed by atoms with Crippen molar-refractivity contribution in [3.8, 4) is 0 Å². The molecule has 0 aliphatic carbocycles. The zero-order valence-electron chi connectivity index (χ0n) is 11.4. The van der Waals surface area contributed by atoms with E-state index in [4.69, 9.17) is 5.73 Å². The van der Waals surface area contributed by atoms with Gasteiger partial charge in [-0.05, 0) is 17.5 Å². The van der Waals surface area contributed by atoms with Gasteiger partial charge in [0.1, 0.15) is 5.82 Å². The first-order valence-electron chi connectivity index (χ1n) is 6.10. The Bertz CT molecular complexity index is 557. The zero-order valence-corrected chi connectivity index (χ0v) is 11.4. The molecule has 0 unspecified atom stereocenters. The van der Waals surface area contributed by atoms with Gasteiger partial charge in [0.25, 0.3) is 0 Å². The van der Waals surface area contributed by atoms with Crippen molar-refractivity contribution in [2.24, 2.45) is 5.41 Å². The van der Waals surface area contributed by atoms with Crippen LogP contribution in [0.3, 0.4) is 0 Å². The first-order valence-corrected chi connectivity index (χ1v) is 6.10. The highest BCUT2D eigenvalue weighted by Gasteiger charge is 2.17. The lowest BCUT2D eigenvalue weighted by atomic mass is 9.96. The second-order valence-electron chi connectivity index (χ2n) is 5.84. The normalized spacial score (nSPS) is 11.8. The van der Waals surface area contributed by atoms with E-state index in [0.717, 1.165) is 23.3 Å². The molecule has 4 nitrogen and oxygen atoms in total. The number of fused-ring (bicyclic) bond motifs is 1. The molecule has 2 rings (SSSR count). The summed E-state index contributed by atoms with van der Waals surface area (Å²) >= 11 is 0. The number of rotatable bonds is 2. The van der Waals surface area contributed by atoms with Gasteiger partial charge >= 0.3 is 0 Å². The zero-order chi connectivity index (χ0) is 13.3. The number of anilines is 2. The lowest BCUT2D eigenvalue weighted by molar-refractivity contribution is 0.418. The number of aromatic nitrogens is 2. The molecule has 0 spiro atoms. The topological polar surface area (TPSA) is 55.0 Å². The van der Waals surface area contributed by atoms with Crippen LogP contribution in [0.5, 0.6) is 0 Å². The second kappa shape index (κ2) is 4.44. The summed E-state index contributed by atoms with van der Waals surface area (Å²) < 4.78 is 0. The van der Waals surface area contributed by atoms with E-state index >= 15 is 0 Å². The Morgan fingerprint density at radius 1 is 1.17 bits per heavy atom. The molecule has 1 aromatic carbocycles. The molecule has 4 heteroatoms. The molecule has 0 radical (unpaired) electrons. The van der Waals surface area contributed by atoms with Crippen LogP contribution in [0.2, 0.25) is 0 Å². The first kappa shape index (κ1) is 12.6. The lowest BCUT2D eigenvalue weighted by Gasteiger charge is -2.28. The van der Waals surface area contributed by atoms with Crippen molar-refractivity contribution in [3.05, 3.63) is 24.3 Å². The Labute approximate surface area is 108 Å². The van der Waals surface area contributed by atoms with Crippen molar-refractivity contribution in [3.63, 3.8) is 0 Å². The van der Waals surface area contributed by atoms with Crippen LogP contribution in [0.15, 0.2) is 24.3 Å². The summed E-state index contributed by atoms with van der Waals surface area (Å²) in [5, 5.41) is 1.04. The van der Waals surface area contributed by atoms with E-state index in [1.165, 1.54) is 0 Å². The SMILES string of the molecule is CN(CC(C)(C)C)c1nc(N)nc2ccccc12. The fourth-order valence-corrected chi connectivity index (χ4v) is 2.15. The summed E-state index contributed by atoms with van der Waals surface area (Å²) in [6, 6.07) is 7.95. The number of nitrogens with zero attached hydrogens (tertiary/aromatic N) is 3. The minimum atomic E-state index is 0.204. The van der Waals surface area contributed by atoms with Gasteiger partial charge in [-0.3, -0.25) is 0 Å². The molecule has 0 saturated carbocycles. The van der Waals surface area contributed by atoms with Gasteiger partial charge in [-0.15, -0.1) is 0 Å². The number of hydrogen-bond donors (Lipinski definition) is 1. The molecule has 1 heterocycles. The van der Waals surface area contributed by atoms with Crippen LogP contribution in [0, 0.1) is 5.41 Å². The van der Waals surface area contributed by atoms with E-state index in [1.807, 2.05) is 31.3 Å². The van der Waals surface area contributed by atoms with Gasteiger partial charge in [-0.1, -0.05) is 32.9 Å². The molecule has 0 aliphatic rings. The highest BCUT2D eigenvalue weighted by molar-refractivity contribution is 5.90. The number of benzene rings is 1. The van der Waals surface area contributed by atoms with Gasteiger partial charge in [-0.2, -0.15) is 4.98 Å². The summed E-state index contributed by atoms with van der Waals surface area (Å²) in [4.78, 5) is 10.8. The maximum atomic E-state index is 5.78. The van der Waals surface area contributed by atoms with Gasteiger partial charge < -0.3 is 10.6 Å². The minimum Gasteiger partial charge on any atom is -0.368 e. The van der Waals surface area contributed by atoms with Crippen LogP contribution in [-0.4, -0.2) is 23.6 Å². The molecular weight excluding hydrogens is 224 g/mol. The Morgan fingerprint density at radius 3 is 2.50 bits per heavy atom. The smallest absolute Gasteiger partial charge is 0.222 e. The number of hydrogen-bond acceptors (Lipinski definition) is 4. The Morgan fingerprint density at radius 2 is 1.83 bits per heavy atom. The summed E-state index contributed by atoms with van der Waals surface area (Å²) in [5.74, 6) is 1.22. The highest BCUT2D eigenvalue weighted by atomic mass is 15.2. The van der Waals surface area contributed by atoms with Crippen molar-refractivity contribution in [2.75, 3.05) is 24.2 Å². The Hall–Kier alpha value is -1.84. The highest BCUT2D eigenvalue weighted by Crippen LogP contribution is 2.26. The number of nitrogens with two attached hydrogens (primary N) is 1. The second-order valence-corrected chi connectivity index (χ2v) is 5.84. The van der Waals surface area contributed by atoms with E-state index < -0.39 is 0 Å². The third kappa shape index (κ3) is 2.70. The Balaban J connectivity index is 2.49. The molecule has 0 saturated heterocycles. The van der Waals surface area contributed by atoms with Crippen molar-refractivity contribution < 1.29 is 0 Å². The summed E-state index contributed by atoms with van der Waals surface area (Å²) in [5.41, 5.74) is 6.87. The lowest BCUT2D eigenvalue weighted by Crippen LogP contribution is -2.30. The first-order chi connectivity index (χ1) is 8.37. The third-order valence-corrected chi connectivity index (χ3v) is 2.67. The summed E-state index contributed by atoms with van der Waals surface area (Å²) in [6.07, 6.45) is 0. The van der Waals surface area contributed by atoms with E-state index in [-0.39, 0.29) is 5.41 Å². The maximum absolute atomic E-state index is 5.78. The Kier molecular flexibility index (Phi) is 3.11. The minimum absolute atomic E-state index is 0.204. The largest absolute Gasteiger partial charge is 0.368 e. The standard InChI is InChI=1S/C14H20N4/c1-14(2,3)9-18(4)12-10-7-5-6-8-11(10)16-13(15)17-12/h5-8H,9H2,1-4H3,(H2,15,16,17). The fourth-order valence-electron chi connectivity index (χ4n) is 2.15. The third-order valence-electron chi connectivity index (χ3n) is 2.67. The molecule has 0 atom stereocenters. The van der Waals surface area contributed by atoms with E-state index in [0.29, 0.717) is 5.95 Å². The van der Waals surface area contributed by atoms with Crippen LogP contribution in [0.25, 0.3) is 10.9 Å². The van der Waals surface area contributed by atoms with E-state index in [2.05, 4.69) is 35.6 Å². The van der Waals surface area contributed by atoms with Crippen molar-refractivity contribution in [1.29, 1.82) is 0 Å². The van der Waals surface area contributed by atoms with Gasteiger partial charge in [0.05, 0.1) is 5.52 Å². The maximum Gasteiger partial charge on any atom is 0.222 e. The van der Waals surface area contributed by atoms with Crippen LogP contribution < -0.4 is 10.6 Å². The molecule has 2 aromatic rings. The molecule has 2 N–H and O–H groups in total. The fraction of sp³-hybridized carbons (Fsp3) is 0.429. The van der Waals surface area contributed by atoms with Gasteiger partial charge in [-0.25, -0.2) is 4.98 Å². The molecule has 0 aliphatic heterocycles. The average Bonchev–Trinajstić information content (AvgIpc) is 2.25. The monoisotopic (exact) mass is 244 g/mol. The van der Waals surface area contributed by atoms with Crippen LogP contribution in [-0.2, 0) is 0 Å². The van der Waals surface area contributed by atoms with Crippen molar-refractivity contribution in [1.82, 2.24) is 9.97 Å². The van der Waals surface area contributed by atoms with Gasteiger partial charge in [0.15, 0.2) is 0 Å². The average molecular weight is 244 g/mol. The molecule has 0 fully saturated rings.